The first-order chi connectivity index (χ1) is 6.06. The average molecular weight is 247 g/mol. The van der Waals surface area contributed by atoms with Crippen LogP contribution < -0.4 is 0 Å². The van der Waals surface area contributed by atoms with Crippen molar-refractivity contribution in [3.8, 4) is 0 Å². The Labute approximate surface area is 85.7 Å². The van der Waals surface area contributed by atoms with E-state index in [0.717, 1.165) is 11.1 Å². The molecule has 1 atom stereocenters. The molecule has 0 heterocycles. The van der Waals surface area contributed by atoms with Gasteiger partial charge in [0.25, 0.3) is 0 Å². The number of aryl methyl sites for hydroxylation is 1. The van der Waals surface area contributed by atoms with Crippen molar-refractivity contribution < 1.29 is 9.50 Å². The molecule has 1 N–H and O–H groups in total. The number of halogens is 2. The van der Waals surface area contributed by atoms with Gasteiger partial charge in [0.15, 0.2) is 0 Å². The number of hydrogen-bond donors (Lipinski definition) is 1. The van der Waals surface area contributed by atoms with Gasteiger partial charge < -0.3 is 5.11 Å². The highest BCUT2D eigenvalue weighted by atomic mass is 79.9. The van der Waals surface area contributed by atoms with Gasteiger partial charge in [-0.1, -0.05) is 6.92 Å². The highest BCUT2D eigenvalue weighted by Crippen LogP contribution is 2.25. The van der Waals surface area contributed by atoms with Crippen LogP contribution in [0.1, 0.15) is 24.0 Å². The third-order valence-corrected chi connectivity index (χ3v) is 2.72. The fourth-order valence-corrected chi connectivity index (χ4v) is 1.65. The lowest BCUT2D eigenvalue weighted by Gasteiger charge is -2.12. The third-order valence-electron chi connectivity index (χ3n) is 2.11. The van der Waals surface area contributed by atoms with Crippen LogP contribution in [0, 0.1) is 12.7 Å². The Hall–Kier alpha value is -0.410. The quantitative estimate of drug-likeness (QED) is 0.851. The van der Waals surface area contributed by atoms with E-state index in [9.17, 15) is 4.39 Å². The van der Waals surface area contributed by atoms with Gasteiger partial charge in [0.1, 0.15) is 5.82 Å². The minimum atomic E-state index is -0.258. The zero-order chi connectivity index (χ0) is 10.0. The standard InChI is InChI=1S/C10H12BrFO/c1-6-3-10(12)9(11)4-8(6)7(2)5-13/h3-4,7,13H,5H2,1-2H3. The molecule has 1 rings (SSSR count). The SMILES string of the molecule is Cc1cc(F)c(Br)cc1C(C)CO. The summed E-state index contributed by atoms with van der Waals surface area (Å²) in [6.45, 7) is 3.84. The van der Waals surface area contributed by atoms with Gasteiger partial charge in [-0.2, -0.15) is 0 Å². The molecule has 0 bridgehead atoms. The molecule has 72 valence electrons. The molecule has 0 aliphatic heterocycles. The lowest BCUT2D eigenvalue weighted by atomic mass is 9.97. The van der Waals surface area contributed by atoms with Crippen LogP contribution in [0.4, 0.5) is 4.39 Å². The van der Waals surface area contributed by atoms with Crippen molar-refractivity contribution in [1.29, 1.82) is 0 Å². The van der Waals surface area contributed by atoms with Gasteiger partial charge in [-0.05, 0) is 46.1 Å². The Morgan fingerprint density at radius 2 is 2.15 bits per heavy atom. The first-order valence-corrected chi connectivity index (χ1v) is 4.92. The molecule has 0 saturated carbocycles. The van der Waals surface area contributed by atoms with Crippen molar-refractivity contribution in [1.82, 2.24) is 0 Å². The van der Waals surface area contributed by atoms with E-state index in [2.05, 4.69) is 15.9 Å². The second kappa shape index (κ2) is 4.20. The molecule has 0 aromatic heterocycles. The normalized spacial score (nSPS) is 13.0. The summed E-state index contributed by atoms with van der Waals surface area (Å²) in [6.07, 6.45) is 0. The topological polar surface area (TPSA) is 20.2 Å². The van der Waals surface area contributed by atoms with Crippen molar-refractivity contribution in [2.75, 3.05) is 6.61 Å². The van der Waals surface area contributed by atoms with Crippen LogP contribution >= 0.6 is 15.9 Å². The average Bonchev–Trinajstić information content (AvgIpc) is 2.10. The molecule has 1 nitrogen and oxygen atoms in total. The maximum Gasteiger partial charge on any atom is 0.137 e. The zero-order valence-electron chi connectivity index (χ0n) is 7.64. The Balaban J connectivity index is 3.15. The molecule has 1 aromatic rings. The molecule has 1 aromatic carbocycles. The fraction of sp³-hybridized carbons (Fsp3) is 0.400. The first kappa shape index (κ1) is 10.7. The summed E-state index contributed by atoms with van der Waals surface area (Å²) in [5, 5.41) is 8.96. The molecule has 3 heteroatoms. The van der Waals surface area contributed by atoms with Gasteiger partial charge in [0.05, 0.1) is 4.47 Å². The van der Waals surface area contributed by atoms with E-state index >= 15 is 0 Å². The summed E-state index contributed by atoms with van der Waals surface area (Å²) in [4.78, 5) is 0. The number of aliphatic hydroxyl groups excluding tert-OH is 1. The maximum atomic E-state index is 13.0. The molecule has 0 fully saturated rings. The van der Waals surface area contributed by atoms with E-state index < -0.39 is 0 Å². The van der Waals surface area contributed by atoms with E-state index in [4.69, 9.17) is 5.11 Å². The van der Waals surface area contributed by atoms with E-state index in [0.29, 0.717) is 4.47 Å². The zero-order valence-corrected chi connectivity index (χ0v) is 9.23. The van der Waals surface area contributed by atoms with Crippen LogP contribution in [-0.2, 0) is 0 Å². The molecular weight excluding hydrogens is 235 g/mol. The number of hydrogen-bond acceptors (Lipinski definition) is 1. The monoisotopic (exact) mass is 246 g/mol. The highest BCUT2D eigenvalue weighted by molar-refractivity contribution is 9.10. The van der Waals surface area contributed by atoms with Crippen molar-refractivity contribution in [2.24, 2.45) is 0 Å². The van der Waals surface area contributed by atoms with Gasteiger partial charge >= 0.3 is 0 Å². The molecule has 0 radical (unpaired) electrons. The molecule has 0 spiro atoms. The van der Waals surface area contributed by atoms with Gasteiger partial charge in [0.2, 0.25) is 0 Å². The summed E-state index contributed by atoms with van der Waals surface area (Å²) < 4.78 is 13.5. The van der Waals surface area contributed by atoms with Gasteiger partial charge in [-0.3, -0.25) is 0 Å². The first-order valence-electron chi connectivity index (χ1n) is 4.12. The van der Waals surface area contributed by atoms with Crippen LogP contribution in [0.5, 0.6) is 0 Å². The van der Waals surface area contributed by atoms with E-state index in [1.165, 1.54) is 6.07 Å². The highest BCUT2D eigenvalue weighted by Gasteiger charge is 2.10. The second-order valence-electron chi connectivity index (χ2n) is 3.21. The Bertz CT molecular complexity index is 312. The van der Waals surface area contributed by atoms with Crippen LogP contribution in [0.3, 0.4) is 0 Å². The molecule has 0 amide bonds. The van der Waals surface area contributed by atoms with E-state index in [1.807, 2.05) is 13.8 Å². The molecule has 13 heavy (non-hydrogen) atoms. The van der Waals surface area contributed by atoms with E-state index in [-0.39, 0.29) is 18.3 Å². The smallest absolute Gasteiger partial charge is 0.137 e. The minimum absolute atomic E-state index is 0.0527. The maximum absolute atomic E-state index is 13.0. The Kier molecular flexibility index (Phi) is 3.45. The van der Waals surface area contributed by atoms with Crippen LogP contribution in [0.15, 0.2) is 16.6 Å². The summed E-state index contributed by atoms with van der Waals surface area (Å²) >= 11 is 3.12. The van der Waals surface area contributed by atoms with Crippen LogP contribution in [0.25, 0.3) is 0 Å². The Morgan fingerprint density at radius 3 is 2.69 bits per heavy atom. The van der Waals surface area contributed by atoms with Gasteiger partial charge in [-0.15, -0.1) is 0 Å². The van der Waals surface area contributed by atoms with E-state index in [1.54, 1.807) is 6.07 Å². The second-order valence-corrected chi connectivity index (χ2v) is 4.06. The fourth-order valence-electron chi connectivity index (χ4n) is 1.29. The predicted octanol–water partition coefficient (Wildman–Crippen LogP) is 2.99. The number of benzene rings is 1. The number of aliphatic hydroxyl groups is 1. The van der Waals surface area contributed by atoms with Crippen LogP contribution in [-0.4, -0.2) is 11.7 Å². The summed E-state index contributed by atoms with van der Waals surface area (Å²) in [5.74, 6) is -0.205. The summed E-state index contributed by atoms with van der Waals surface area (Å²) in [5.41, 5.74) is 1.86. The van der Waals surface area contributed by atoms with Crippen molar-refractivity contribution in [2.45, 2.75) is 19.8 Å². The lowest BCUT2D eigenvalue weighted by molar-refractivity contribution is 0.272. The van der Waals surface area contributed by atoms with Crippen molar-refractivity contribution in [3.63, 3.8) is 0 Å². The van der Waals surface area contributed by atoms with Gasteiger partial charge in [-0.25, -0.2) is 4.39 Å². The predicted molar refractivity (Wildman–Crippen MR) is 54.3 cm³/mol. The Morgan fingerprint density at radius 1 is 1.54 bits per heavy atom. The van der Waals surface area contributed by atoms with Crippen molar-refractivity contribution >= 4 is 15.9 Å². The largest absolute Gasteiger partial charge is 0.396 e. The molecular formula is C10H12BrFO. The van der Waals surface area contributed by atoms with Crippen molar-refractivity contribution in [3.05, 3.63) is 33.5 Å². The molecule has 0 saturated heterocycles. The van der Waals surface area contributed by atoms with Crippen LogP contribution in [0.2, 0.25) is 0 Å². The third kappa shape index (κ3) is 2.29. The van der Waals surface area contributed by atoms with Gasteiger partial charge in [0, 0.05) is 12.5 Å². The molecule has 0 aliphatic carbocycles. The number of rotatable bonds is 2. The lowest BCUT2D eigenvalue weighted by Crippen LogP contribution is -2.02. The summed E-state index contributed by atoms with van der Waals surface area (Å²) in [6, 6.07) is 3.21. The molecule has 0 aliphatic rings. The minimum Gasteiger partial charge on any atom is -0.396 e. The summed E-state index contributed by atoms with van der Waals surface area (Å²) in [7, 11) is 0. The molecule has 1 unspecified atom stereocenters.